The van der Waals surface area contributed by atoms with Crippen LogP contribution in [0.15, 0.2) is 72.8 Å². The van der Waals surface area contributed by atoms with Crippen molar-refractivity contribution >= 4 is 40.5 Å². The second kappa shape index (κ2) is 11.3. The Morgan fingerprint density at radius 2 is 0.870 bits per heavy atom. The van der Waals surface area contributed by atoms with Crippen molar-refractivity contribution < 1.29 is 51.1 Å². The highest BCUT2D eigenvalue weighted by Gasteiger charge is 2.45. The van der Waals surface area contributed by atoms with Crippen molar-refractivity contribution in [1.29, 1.82) is 0 Å². The van der Waals surface area contributed by atoms with E-state index in [2.05, 4.69) is 0 Å². The number of Topliss-reactive ketones (excluding diaryl/α,β-unsaturated/α-hetero) is 6. The molecule has 0 N–H and O–H groups in total. The molecule has 6 rings (SSSR count). The van der Waals surface area contributed by atoms with Gasteiger partial charge in [0.25, 0.3) is 0 Å². The predicted octanol–water partition coefficient (Wildman–Crippen LogP) is 5.09. The molecule has 0 spiro atoms. The van der Waals surface area contributed by atoms with Crippen molar-refractivity contribution in [2.75, 3.05) is 0 Å². The normalized spacial score (nSPS) is 16.9. The summed E-state index contributed by atoms with van der Waals surface area (Å²) in [6.45, 7) is 0. The quantitative estimate of drug-likeness (QED) is 0.152. The number of carbonyl (C=O) groups is 7. The van der Waals surface area contributed by atoms with E-state index in [0.717, 1.165) is 36.4 Å². The average molecular weight is 627 g/mol. The molecule has 0 aliphatic heterocycles. The molecule has 0 amide bonds. The summed E-state index contributed by atoms with van der Waals surface area (Å²) < 4.78 is 55.4. The predicted molar refractivity (Wildman–Crippen MR) is 151 cm³/mol. The SMILES string of the molecule is O=C(c1ccc2c(c1)C(=O)C(C(=O)Cc1cccc(F)c1F)C2=O)c1ccc2c(c1)C(=O)C(C(=O)Cc1cccc(F)c1F)C2=O. The molecule has 0 bridgehead atoms. The van der Waals surface area contributed by atoms with E-state index in [-0.39, 0.29) is 44.5 Å². The van der Waals surface area contributed by atoms with Crippen LogP contribution in [-0.4, -0.2) is 40.5 Å². The number of rotatable bonds is 8. The minimum absolute atomic E-state index is 0.102. The van der Waals surface area contributed by atoms with E-state index in [0.29, 0.717) is 0 Å². The number of fused-ring (bicyclic) bond motifs is 2. The van der Waals surface area contributed by atoms with Gasteiger partial charge < -0.3 is 0 Å². The first-order valence-electron chi connectivity index (χ1n) is 13.8. The first-order valence-corrected chi connectivity index (χ1v) is 13.8. The summed E-state index contributed by atoms with van der Waals surface area (Å²) in [5, 5.41) is 0. The largest absolute Gasteiger partial charge is 0.298 e. The molecule has 4 aromatic rings. The molecule has 2 aliphatic rings. The summed E-state index contributed by atoms with van der Waals surface area (Å²) in [5.41, 5.74) is -1.58. The fourth-order valence-corrected chi connectivity index (χ4v) is 5.77. The molecule has 7 nitrogen and oxygen atoms in total. The minimum Gasteiger partial charge on any atom is -0.298 e. The van der Waals surface area contributed by atoms with Crippen molar-refractivity contribution in [1.82, 2.24) is 0 Å². The van der Waals surface area contributed by atoms with Crippen molar-refractivity contribution in [2.24, 2.45) is 11.8 Å². The maximum absolute atomic E-state index is 14.1. The molecule has 4 aromatic carbocycles. The summed E-state index contributed by atoms with van der Waals surface area (Å²) >= 11 is 0. The van der Waals surface area contributed by atoms with Gasteiger partial charge in [0, 0.05) is 46.2 Å². The standard InChI is InChI=1S/C35H18F4O7/c36-23-5-1-3-15(29(23)38)13-25(40)27-32(43)19-9-7-17(11-21(19)34(27)45)31(42)18-8-10-20-22(12-18)35(46)28(33(20)44)26(41)14-16-4-2-6-24(37)30(16)39/h1-12,27-28H,13-14H2. The molecular weight excluding hydrogens is 608 g/mol. The number of hydrogen-bond donors (Lipinski definition) is 0. The molecule has 0 saturated carbocycles. The first-order chi connectivity index (χ1) is 21.9. The Kier molecular flexibility index (Phi) is 7.47. The molecule has 0 heterocycles. The Labute approximate surface area is 256 Å². The lowest BCUT2D eigenvalue weighted by molar-refractivity contribution is -0.120. The van der Waals surface area contributed by atoms with Crippen LogP contribution in [0.2, 0.25) is 0 Å². The van der Waals surface area contributed by atoms with Crippen LogP contribution in [-0.2, 0) is 22.4 Å². The fraction of sp³-hybridized carbons (Fsp3) is 0.114. The smallest absolute Gasteiger partial charge is 0.193 e. The van der Waals surface area contributed by atoms with Crippen LogP contribution < -0.4 is 0 Å². The van der Waals surface area contributed by atoms with E-state index in [9.17, 15) is 51.1 Å². The third kappa shape index (κ3) is 4.90. The maximum Gasteiger partial charge on any atom is 0.193 e. The van der Waals surface area contributed by atoms with Crippen molar-refractivity contribution in [3.63, 3.8) is 0 Å². The lowest BCUT2D eigenvalue weighted by atomic mass is 9.93. The van der Waals surface area contributed by atoms with Gasteiger partial charge in [0.15, 0.2) is 63.8 Å². The van der Waals surface area contributed by atoms with Crippen LogP contribution in [0.5, 0.6) is 0 Å². The molecule has 0 saturated heterocycles. The van der Waals surface area contributed by atoms with Crippen LogP contribution >= 0.6 is 0 Å². The summed E-state index contributed by atoms with van der Waals surface area (Å²) in [7, 11) is 0. The molecule has 11 heteroatoms. The molecular formula is C35H18F4O7. The van der Waals surface area contributed by atoms with Gasteiger partial charge in [0.1, 0.15) is 11.8 Å². The van der Waals surface area contributed by atoms with Gasteiger partial charge in [-0.1, -0.05) is 36.4 Å². The van der Waals surface area contributed by atoms with Gasteiger partial charge in [-0.2, -0.15) is 0 Å². The van der Waals surface area contributed by atoms with Gasteiger partial charge in [-0.3, -0.25) is 33.6 Å². The summed E-state index contributed by atoms with van der Waals surface area (Å²) in [6, 6.07) is 13.4. The Morgan fingerprint density at radius 1 is 0.500 bits per heavy atom. The van der Waals surface area contributed by atoms with Crippen LogP contribution in [0.3, 0.4) is 0 Å². The average Bonchev–Trinajstić information content (AvgIpc) is 3.44. The van der Waals surface area contributed by atoms with Crippen LogP contribution in [0.4, 0.5) is 17.6 Å². The number of ketones is 7. The Bertz CT molecular complexity index is 1950. The van der Waals surface area contributed by atoms with Crippen LogP contribution in [0.1, 0.15) is 68.5 Å². The molecule has 0 aromatic heterocycles. The number of halogens is 4. The minimum atomic E-state index is -1.80. The zero-order valence-electron chi connectivity index (χ0n) is 23.4. The van der Waals surface area contributed by atoms with Gasteiger partial charge in [-0.25, -0.2) is 17.6 Å². The van der Waals surface area contributed by atoms with Crippen molar-refractivity contribution in [3.05, 3.63) is 141 Å². The highest BCUT2D eigenvalue weighted by atomic mass is 19.2. The third-order valence-corrected chi connectivity index (χ3v) is 8.11. The van der Waals surface area contributed by atoms with Crippen molar-refractivity contribution in [2.45, 2.75) is 12.8 Å². The topological polar surface area (TPSA) is 119 Å². The molecule has 2 atom stereocenters. The lowest BCUT2D eigenvalue weighted by Gasteiger charge is -2.07. The number of hydrogen-bond acceptors (Lipinski definition) is 7. The zero-order chi connectivity index (χ0) is 33.0. The molecule has 0 radical (unpaired) electrons. The van der Waals surface area contributed by atoms with Gasteiger partial charge in [0.2, 0.25) is 0 Å². The second-order valence-corrected chi connectivity index (χ2v) is 10.9. The van der Waals surface area contributed by atoms with E-state index in [1.165, 1.54) is 36.4 Å². The Morgan fingerprint density at radius 3 is 1.26 bits per heavy atom. The van der Waals surface area contributed by atoms with Crippen LogP contribution in [0.25, 0.3) is 0 Å². The third-order valence-electron chi connectivity index (χ3n) is 8.11. The first kappa shape index (κ1) is 30.3. The zero-order valence-corrected chi connectivity index (χ0v) is 23.4. The van der Waals surface area contributed by atoms with E-state index in [1.54, 1.807) is 0 Å². The molecule has 46 heavy (non-hydrogen) atoms. The fourth-order valence-electron chi connectivity index (χ4n) is 5.77. The second-order valence-electron chi connectivity index (χ2n) is 10.9. The Hall–Kier alpha value is -5.71. The maximum atomic E-state index is 14.1. The molecule has 2 aliphatic carbocycles. The van der Waals surface area contributed by atoms with Crippen molar-refractivity contribution in [3.8, 4) is 0 Å². The van der Waals surface area contributed by atoms with E-state index < -0.39 is 88.4 Å². The Balaban J connectivity index is 1.22. The van der Waals surface area contributed by atoms with Crippen LogP contribution in [0, 0.1) is 35.1 Å². The number of carbonyl (C=O) groups excluding carboxylic acids is 7. The monoisotopic (exact) mass is 626 g/mol. The number of benzene rings is 4. The highest BCUT2D eigenvalue weighted by molar-refractivity contribution is 6.37. The van der Waals surface area contributed by atoms with Gasteiger partial charge >= 0.3 is 0 Å². The molecule has 228 valence electrons. The molecule has 0 fully saturated rings. The van der Waals surface area contributed by atoms with E-state index in [1.807, 2.05) is 0 Å². The van der Waals surface area contributed by atoms with Gasteiger partial charge in [-0.05, 0) is 47.5 Å². The summed E-state index contributed by atoms with van der Waals surface area (Å²) in [6.07, 6.45) is -1.43. The van der Waals surface area contributed by atoms with Gasteiger partial charge in [-0.15, -0.1) is 0 Å². The lowest BCUT2D eigenvalue weighted by Crippen LogP contribution is -2.27. The summed E-state index contributed by atoms with van der Waals surface area (Å²) in [4.78, 5) is 91.3. The van der Waals surface area contributed by atoms with E-state index in [4.69, 9.17) is 0 Å². The summed E-state index contributed by atoms with van der Waals surface area (Å²) in [5.74, 6) is -14.7. The molecule has 2 unspecified atom stereocenters. The highest BCUT2D eigenvalue weighted by Crippen LogP contribution is 2.33. The van der Waals surface area contributed by atoms with Gasteiger partial charge in [0.05, 0.1) is 0 Å². The van der Waals surface area contributed by atoms with E-state index >= 15 is 0 Å².